The van der Waals surface area contributed by atoms with Crippen LogP contribution in [0.1, 0.15) is 158 Å². The van der Waals surface area contributed by atoms with Crippen molar-refractivity contribution in [1.29, 1.82) is 0 Å². The Balaban J connectivity index is 1.15. The van der Waals surface area contributed by atoms with E-state index in [9.17, 15) is 0 Å². The highest BCUT2D eigenvalue weighted by Gasteiger charge is 2.45. The average molecular weight is 1190 g/mol. The molecule has 0 amide bonds. The van der Waals surface area contributed by atoms with Crippen LogP contribution >= 0.6 is 0 Å². The van der Waals surface area contributed by atoms with E-state index < -0.39 is 0 Å². The van der Waals surface area contributed by atoms with Gasteiger partial charge in [0.15, 0.2) is 5.82 Å². The number of aromatic nitrogens is 2. The van der Waals surface area contributed by atoms with Crippen molar-refractivity contribution >= 4 is 100 Å². The van der Waals surface area contributed by atoms with Crippen molar-refractivity contribution in [2.24, 2.45) is 0 Å². The molecule has 3 heterocycles. The molecule has 0 N–H and O–H groups in total. The van der Waals surface area contributed by atoms with Crippen LogP contribution in [-0.4, -0.2) is 16.7 Å². The van der Waals surface area contributed by atoms with Crippen molar-refractivity contribution < 1.29 is 0 Å². The number of hydrogen-bond donors (Lipinski definition) is 0. The minimum absolute atomic E-state index is 0.0407. The molecule has 2 aliphatic rings. The number of anilines is 6. The minimum atomic E-state index is -0.144. The summed E-state index contributed by atoms with van der Waals surface area (Å²) in [5, 5.41) is 9.87. The molecule has 0 radical (unpaired) electrons. The molecule has 4 nitrogen and oxygen atoms in total. The van der Waals surface area contributed by atoms with E-state index >= 15 is 0 Å². The summed E-state index contributed by atoms with van der Waals surface area (Å²) in [6.45, 7) is 41.6. The Hall–Kier alpha value is -8.80. The zero-order valence-corrected chi connectivity index (χ0v) is 56.9. The highest BCUT2D eigenvalue weighted by atomic mass is 15.2. The van der Waals surface area contributed by atoms with Crippen molar-refractivity contribution in [3.63, 3.8) is 0 Å². The largest absolute Gasteiger partial charge is 0.311 e. The Morgan fingerprint density at radius 2 is 0.615 bits per heavy atom. The minimum Gasteiger partial charge on any atom is -0.311 e. The fourth-order valence-corrected chi connectivity index (χ4v) is 14.1. The lowest BCUT2D eigenvalue weighted by molar-refractivity contribution is 0.568. The highest BCUT2D eigenvalue weighted by Crippen LogP contribution is 2.49. The molecule has 454 valence electrons. The van der Waals surface area contributed by atoms with Crippen LogP contribution in [0.5, 0.6) is 0 Å². The third kappa shape index (κ3) is 10.6. The maximum atomic E-state index is 5.91. The van der Waals surface area contributed by atoms with E-state index in [4.69, 9.17) is 9.97 Å². The van der Waals surface area contributed by atoms with Gasteiger partial charge in [-0.2, -0.15) is 0 Å². The fourth-order valence-electron chi connectivity index (χ4n) is 14.1. The van der Waals surface area contributed by atoms with Crippen LogP contribution in [0.2, 0.25) is 0 Å². The van der Waals surface area contributed by atoms with Gasteiger partial charge in [-0.05, 0) is 204 Å². The number of benzene rings is 11. The quantitative estimate of drug-likeness (QED) is 0.127. The summed E-state index contributed by atoms with van der Waals surface area (Å²) >= 11 is 0. The van der Waals surface area contributed by atoms with E-state index in [0.29, 0.717) is 5.82 Å². The van der Waals surface area contributed by atoms with E-state index in [1.54, 1.807) is 0 Å². The van der Waals surface area contributed by atoms with Gasteiger partial charge in [0.25, 0.3) is 6.71 Å². The predicted octanol–water partition coefficient (Wildman–Crippen LogP) is 22.0. The van der Waals surface area contributed by atoms with Crippen LogP contribution in [0.4, 0.5) is 34.1 Å². The van der Waals surface area contributed by atoms with E-state index in [2.05, 4.69) is 335 Å². The van der Waals surface area contributed by atoms with Crippen LogP contribution in [0.3, 0.4) is 0 Å². The topological polar surface area (TPSA) is 32.3 Å². The second-order valence-electron chi connectivity index (χ2n) is 32.5. The van der Waals surface area contributed by atoms with Crippen molar-refractivity contribution in [3.05, 3.63) is 234 Å². The molecule has 0 unspecified atom stereocenters. The van der Waals surface area contributed by atoms with Crippen LogP contribution in [-0.2, 0) is 32.5 Å². The number of hydrogen-bond acceptors (Lipinski definition) is 4. The molecule has 1 aromatic heterocycles. The zero-order valence-electron chi connectivity index (χ0n) is 56.9. The first-order chi connectivity index (χ1) is 42.8. The molecule has 0 saturated carbocycles. The molecule has 5 heteroatoms. The third-order valence-electron chi connectivity index (χ3n) is 19.7. The molecular weight excluding hydrogens is 1100 g/mol. The van der Waals surface area contributed by atoms with E-state index in [-0.39, 0.29) is 39.2 Å². The lowest BCUT2D eigenvalue weighted by Crippen LogP contribution is -2.61. The molecular formula is C86H87BN4. The lowest BCUT2D eigenvalue weighted by Gasteiger charge is -2.45. The molecule has 91 heavy (non-hydrogen) atoms. The second kappa shape index (κ2) is 20.9. The SMILES string of the molecule is CC(C)(C)c1ccc(N2c3cc4c(ccc5ccccc54)cc3B3c4cc5ccc6ccccc6c5cc4N(c4ccc(C(C)(C)C)cc4)c4cc(-c5cc(-c6cc(C(C)(C)C)cc(C(C)(C)C)c6)nc(-c6cc(C(C)(C)C)cc(C(C)(C)C)c6)n5)cc2c43)cc1. The molecule has 2 aliphatic heterocycles. The van der Waals surface area contributed by atoms with E-state index in [0.717, 1.165) is 50.8 Å². The molecule has 14 rings (SSSR count). The Bertz CT molecular complexity index is 4560. The van der Waals surface area contributed by atoms with Gasteiger partial charge >= 0.3 is 0 Å². The van der Waals surface area contributed by atoms with Crippen LogP contribution in [0.15, 0.2) is 200 Å². The predicted molar refractivity (Wildman–Crippen MR) is 395 cm³/mol. The first-order valence-corrected chi connectivity index (χ1v) is 33.0. The summed E-state index contributed by atoms with van der Waals surface area (Å²) in [7, 11) is 0. The average Bonchev–Trinajstić information content (AvgIpc) is 0.714. The fraction of sp³-hybridized carbons (Fsp3) is 0.279. The summed E-state index contributed by atoms with van der Waals surface area (Å²) in [5.74, 6) is 0.712. The Kier molecular flexibility index (Phi) is 13.7. The van der Waals surface area contributed by atoms with Gasteiger partial charge in [0, 0.05) is 50.8 Å². The van der Waals surface area contributed by atoms with Gasteiger partial charge < -0.3 is 9.80 Å². The summed E-state index contributed by atoms with van der Waals surface area (Å²) in [6.07, 6.45) is 0. The first kappa shape index (κ1) is 59.8. The van der Waals surface area contributed by atoms with E-state index in [1.807, 2.05) is 0 Å². The van der Waals surface area contributed by atoms with Crippen LogP contribution in [0, 0.1) is 0 Å². The van der Waals surface area contributed by atoms with Gasteiger partial charge in [0.2, 0.25) is 0 Å². The van der Waals surface area contributed by atoms with Gasteiger partial charge in [-0.25, -0.2) is 9.97 Å². The van der Waals surface area contributed by atoms with Crippen molar-refractivity contribution in [1.82, 2.24) is 9.97 Å². The van der Waals surface area contributed by atoms with Gasteiger partial charge in [0.1, 0.15) is 0 Å². The van der Waals surface area contributed by atoms with Crippen molar-refractivity contribution in [3.8, 4) is 33.9 Å². The number of fused-ring (bicyclic) bond motifs is 10. The normalized spacial score (nSPS) is 13.8. The summed E-state index contributed by atoms with van der Waals surface area (Å²) in [4.78, 5) is 16.9. The summed E-state index contributed by atoms with van der Waals surface area (Å²) < 4.78 is 0. The van der Waals surface area contributed by atoms with Gasteiger partial charge in [-0.1, -0.05) is 246 Å². The third-order valence-corrected chi connectivity index (χ3v) is 19.7. The van der Waals surface area contributed by atoms with Gasteiger partial charge in [-0.15, -0.1) is 0 Å². The molecule has 0 saturated heterocycles. The maximum Gasteiger partial charge on any atom is 0.252 e. The van der Waals surface area contributed by atoms with Gasteiger partial charge in [-0.3, -0.25) is 0 Å². The molecule has 0 aliphatic carbocycles. The highest BCUT2D eigenvalue weighted by molar-refractivity contribution is 7.00. The van der Waals surface area contributed by atoms with Gasteiger partial charge in [0.05, 0.1) is 11.4 Å². The van der Waals surface area contributed by atoms with Crippen molar-refractivity contribution in [2.45, 2.75) is 157 Å². The summed E-state index contributed by atoms with van der Waals surface area (Å²) in [5.41, 5.74) is 22.7. The molecule has 12 aromatic rings. The molecule has 0 atom stereocenters. The van der Waals surface area contributed by atoms with Crippen LogP contribution < -0.4 is 26.2 Å². The van der Waals surface area contributed by atoms with Crippen LogP contribution in [0.25, 0.3) is 77.0 Å². The lowest BCUT2D eigenvalue weighted by atomic mass is 9.33. The number of rotatable bonds is 5. The van der Waals surface area contributed by atoms with Crippen molar-refractivity contribution in [2.75, 3.05) is 9.80 Å². The smallest absolute Gasteiger partial charge is 0.252 e. The Morgan fingerprint density at radius 1 is 0.275 bits per heavy atom. The standard InChI is InChI=1S/C86H87BN4/c1-81(2,3)59-31-35-65(36-32-59)90-75-49-69-54(29-27-52-23-19-21-25-67(52)69)43-71(75)87-72-44-55-30-28-53-24-20-22-26-68(53)70(55)50-76(72)91(66-37-33-60(34-38-66)82(4,5)6)78-46-57(45-77(90)79(78)87)74-51-73(56-39-61(83(7,8)9)47-62(40-56)84(10,11)12)88-80(89-74)58-41-63(85(13,14)15)48-64(42-58)86(16,17)18/h19-51H,1-18H3. The zero-order chi connectivity index (χ0) is 64.2. The second-order valence-corrected chi connectivity index (χ2v) is 32.5. The Morgan fingerprint density at radius 3 is 0.989 bits per heavy atom. The maximum absolute atomic E-state index is 5.91. The monoisotopic (exact) mass is 1190 g/mol. The molecule has 0 fully saturated rings. The summed E-state index contributed by atoms with van der Waals surface area (Å²) in [6, 6.07) is 77.5. The van der Waals surface area contributed by atoms with E-state index in [1.165, 1.54) is 104 Å². The first-order valence-electron chi connectivity index (χ1n) is 33.0. The Labute approximate surface area is 541 Å². The molecule has 0 bridgehead atoms. The molecule has 11 aromatic carbocycles. The molecule has 0 spiro atoms. The number of nitrogens with zero attached hydrogens (tertiary/aromatic N) is 4.